The Morgan fingerprint density at radius 3 is 2.59 bits per heavy atom. The second-order valence-corrected chi connectivity index (χ2v) is 8.17. The van der Waals surface area contributed by atoms with E-state index >= 15 is 0 Å². The number of morpholine rings is 1. The number of carbonyl (C=O) groups excluding carboxylic acids is 1. The standard InChI is InChI=1S/C22H27N3O2.CH4S/c1-22(2)14-17-12-16(21(23)26)6-7-19(17)24-20(22)15-4-3-5-18(13-15)25-8-10-27-11-9-25;1-2/h3-7,12-13,20,24H,8-11,14H2,1-2H3,(H2,23,26);2H,1H3. The molecule has 1 fully saturated rings. The summed E-state index contributed by atoms with van der Waals surface area (Å²) in [5.41, 5.74) is 10.8. The number of hydrogen-bond donors (Lipinski definition) is 3. The molecule has 2 heterocycles. The Balaban J connectivity index is 0.00000117. The Labute approximate surface area is 179 Å². The molecule has 0 bridgehead atoms. The predicted octanol–water partition coefficient (Wildman–Crippen LogP) is 3.90. The van der Waals surface area contributed by atoms with Crippen molar-refractivity contribution in [1.29, 1.82) is 0 Å². The van der Waals surface area contributed by atoms with E-state index in [2.05, 4.69) is 61.0 Å². The zero-order valence-corrected chi connectivity index (χ0v) is 18.3. The summed E-state index contributed by atoms with van der Waals surface area (Å²) in [6.07, 6.45) is 2.59. The van der Waals surface area contributed by atoms with Gasteiger partial charge < -0.3 is 20.7 Å². The Morgan fingerprint density at radius 1 is 1.17 bits per heavy atom. The lowest BCUT2D eigenvalue weighted by molar-refractivity contribution is 0.1000. The molecule has 2 aromatic rings. The Hall–Kier alpha value is -2.18. The third kappa shape index (κ3) is 4.70. The van der Waals surface area contributed by atoms with Crippen molar-refractivity contribution in [2.45, 2.75) is 26.3 Å². The molecule has 3 N–H and O–H groups in total. The van der Waals surface area contributed by atoms with Crippen LogP contribution in [0.3, 0.4) is 0 Å². The zero-order chi connectivity index (χ0) is 21.0. The minimum absolute atomic E-state index is 0.00685. The molecule has 0 aromatic heterocycles. The number of thiol groups is 1. The van der Waals surface area contributed by atoms with Crippen LogP contribution in [0, 0.1) is 5.41 Å². The van der Waals surface area contributed by atoms with Gasteiger partial charge in [0.15, 0.2) is 0 Å². The van der Waals surface area contributed by atoms with Gasteiger partial charge in [0, 0.05) is 30.0 Å². The molecule has 29 heavy (non-hydrogen) atoms. The van der Waals surface area contributed by atoms with Gasteiger partial charge in [0.05, 0.1) is 19.3 Å². The molecule has 1 atom stereocenters. The van der Waals surface area contributed by atoms with E-state index in [1.165, 1.54) is 11.3 Å². The normalized spacial score (nSPS) is 20.0. The van der Waals surface area contributed by atoms with Crippen LogP contribution in [0.5, 0.6) is 0 Å². The summed E-state index contributed by atoms with van der Waals surface area (Å²) in [6, 6.07) is 14.7. The van der Waals surface area contributed by atoms with Gasteiger partial charge in [-0.2, -0.15) is 12.6 Å². The number of nitrogens with zero attached hydrogens (tertiary/aromatic N) is 1. The number of hydrogen-bond acceptors (Lipinski definition) is 5. The molecule has 2 aliphatic heterocycles. The molecule has 1 saturated heterocycles. The minimum Gasteiger partial charge on any atom is -0.378 e. The molecule has 156 valence electrons. The molecule has 2 aromatic carbocycles. The van der Waals surface area contributed by atoms with Crippen LogP contribution in [0.1, 0.15) is 41.4 Å². The number of anilines is 2. The van der Waals surface area contributed by atoms with Crippen LogP contribution in [0.4, 0.5) is 11.4 Å². The van der Waals surface area contributed by atoms with Crippen LogP contribution in [-0.2, 0) is 11.2 Å². The van der Waals surface area contributed by atoms with E-state index < -0.39 is 0 Å². The monoisotopic (exact) mass is 413 g/mol. The van der Waals surface area contributed by atoms with Crippen LogP contribution < -0.4 is 16.0 Å². The van der Waals surface area contributed by atoms with Gasteiger partial charge in [0.25, 0.3) is 0 Å². The molecule has 1 unspecified atom stereocenters. The van der Waals surface area contributed by atoms with Crippen molar-refractivity contribution in [3.8, 4) is 0 Å². The SMILES string of the molecule is CC1(C)Cc2cc(C(N)=O)ccc2NC1c1cccc(N2CCOCC2)c1.CS. The molecule has 0 spiro atoms. The highest BCUT2D eigenvalue weighted by Crippen LogP contribution is 2.45. The number of benzene rings is 2. The molecular formula is C23H31N3O2S. The van der Waals surface area contributed by atoms with Crippen molar-refractivity contribution in [2.75, 3.05) is 42.8 Å². The number of amides is 1. The highest BCUT2D eigenvalue weighted by Gasteiger charge is 2.36. The largest absolute Gasteiger partial charge is 0.378 e. The van der Waals surface area contributed by atoms with Crippen molar-refractivity contribution in [2.24, 2.45) is 11.1 Å². The maximum Gasteiger partial charge on any atom is 0.248 e. The van der Waals surface area contributed by atoms with Gasteiger partial charge in [0.1, 0.15) is 0 Å². The molecule has 6 heteroatoms. The molecule has 0 aliphatic carbocycles. The number of rotatable bonds is 3. The Kier molecular flexibility index (Phi) is 6.75. The summed E-state index contributed by atoms with van der Waals surface area (Å²) in [5.74, 6) is -0.379. The summed E-state index contributed by atoms with van der Waals surface area (Å²) < 4.78 is 5.48. The van der Waals surface area contributed by atoms with Crippen molar-refractivity contribution in [1.82, 2.24) is 0 Å². The van der Waals surface area contributed by atoms with E-state index in [4.69, 9.17) is 10.5 Å². The molecular weight excluding hydrogens is 382 g/mol. The number of carbonyl (C=O) groups is 1. The van der Waals surface area contributed by atoms with Crippen LogP contribution in [0.15, 0.2) is 42.5 Å². The van der Waals surface area contributed by atoms with Gasteiger partial charge >= 0.3 is 0 Å². The highest BCUT2D eigenvalue weighted by atomic mass is 32.1. The smallest absolute Gasteiger partial charge is 0.248 e. The summed E-state index contributed by atoms with van der Waals surface area (Å²) in [7, 11) is 0. The summed E-state index contributed by atoms with van der Waals surface area (Å²) in [6.45, 7) is 7.98. The van der Waals surface area contributed by atoms with E-state index in [0.29, 0.717) is 5.56 Å². The zero-order valence-electron chi connectivity index (χ0n) is 17.4. The number of nitrogens with two attached hydrogens (primary N) is 1. The fourth-order valence-corrected chi connectivity index (χ4v) is 4.23. The van der Waals surface area contributed by atoms with Gasteiger partial charge in [-0.3, -0.25) is 4.79 Å². The lowest BCUT2D eigenvalue weighted by Gasteiger charge is -2.42. The Morgan fingerprint density at radius 2 is 1.90 bits per heavy atom. The van der Waals surface area contributed by atoms with Gasteiger partial charge in [-0.15, -0.1) is 0 Å². The predicted molar refractivity (Wildman–Crippen MR) is 123 cm³/mol. The van der Waals surface area contributed by atoms with E-state index in [1.54, 1.807) is 12.3 Å². The molecule has 0 saturated carbocycles. The van der Waals surface area contributed by atoms with Crippen molar-refractivity contribution in [3.63, 3.8) is 0 Å². The molecule has 4 rings (SSSR count). The summed E-state index contributed by atoms with van der Waals surface area (Å²) >= 11 is 3.53. The first-order valence-corrected chi connectivity index (χ1v) is 10.9. The van der Waals surface area contributed by atoms with Gasteiger partial charge in [-0.25, -0.2) is 0 Å². The average molecular weight is 414 g/mol. The first kappa shape index (κ1) is 21.5. The number of fused-ring (bicyclic) bond motifs is 1. The van der Waals surface area contributed by atoms with Crippen LogP contribution in [0.2, 0.25) is 0 Å². The number of nitrogens with one attached hydrogen (secondary N) is 1. The topological polar surface area (TPSA) is 67.6 Å². The second-order valence-electron chi connectivity index (χ2n) is 8.17. The van der Waals surface area contributed by atoms with Crippen molar-refractivity contribution >= 4 is 29.9 Å². The van der Waals surface area contributed by atoms with Gasteiger partial charge in [0.2, 0.25) is 5.91 Å². The molecule has 0 radical (unpaired) electrons. The minimum atomic E-state index is -0.379. The quantitative estimate of drug-likeness (QED) is 0.668. The average Bonchev–Trinajstić information content (AvgIpc) is 2.74. The third-order valence-electron chi connectivity index (χ3n) is 5.70. The Bertz CT molecular complexity index is 863. The van der Waals surface area contributed by atoms with Crippen molar-refractivity contribution in [3.05, 3.63) is 59.2 Å². The van der Waals surface area contributed by atoms with Gasteiger partial charge in [-0.1, -0.05) is 26.0 Å². The number of primary amides is 1. The maximum absolute atomic E-state index is 11.5. The summed E-state index contributed by atoms with van der Waals surface area (Å²) in [5, 5.41) is 3.70. The first-order chi connectivity index (χ1) is 13.9. The third-order valence-corrected chi connectivity index (χ3v) is 5.70. The maximum atomic E-state index is 11.5. The summed E-state index contributed by atoms with van der Waals surface area (Å²) in [4.78, 5) is 13.9. The molecule has 5 nitrogen and oxygen atoms in total. The van der Waals surface area contributed by atoms with E-state index in [9.17, 15) is 4.79 Å². The fraction of sp³-hybridized carbons (Fsp3) is 0.435. The van der Waals surface area contributed by atoms with Crippen LogP contribution in [-0.4, -0.2) is 38.5 Å². The van der Waals surface area contributed by atoms with Crippen LogP contribution >= 0.6 is 12.6 Å². The molecule has 1 amide bonds. The van der Waals surface area contributed by atoms with Crippen molar-refractivity contribution < 1.29 is 9.53 Å². The fourth-order valence-electron chi connectivity index (χ4n) is 4.23. The van der Waals surface area contributed by atoms with E-state index in [1.807, 2.05) is 12.1 Å². The highest BCUT2D eigenvalue weighted by molar-refractivity contribution is 7.79. The first-order valence-electron chi connectivity index (χ1n) is 10.0. The van der Waals surface area contributed by atoms with E-state index in [0.717, 1.165) is 44.0 Å². The van der Waals surface area contributed by atoms with Crippen LogP contribution in [0.25, 0.3) is 0 Å². The lowest BCUT2D eigenvalue weighted by atomic mass is 9.72. The lowest BCUT2D eigenvalue weighted by Crippen LogP contribution is -2.37. The molecule has 2 aliphatic rings. The number of ether oxygens (including phenoxy) is 1. The van der Waals surface area contributed by atoms with E-state index in [-0.39, 0.29) is 17.4 Å². The van der Waals surface area contributed by atoms with Gasteiger partial charge in [-0.05, 0) is 59.6 Å². The second kappa shape index (κ2) is 9.09.